The summed E-state index contributed by atoms with van der Waals surface area (Å²) in [6, 6.07) is 6.63. The number of aromatic nitrogens is 3. The van der Waals surface area contributed by atoms with Gasteiger partial charge in [-0.25, -0.2) is 0 Å². The van der Waals surface area contributed by atoms with Gasteiger partial charge in [0.1, 0.15) is 5.75 Å². The van der Waals surface area contributed by atoms with Crippen molar-refractivity contribution in [2.24, 2.45) is 12.5 Å². The largest absolute Gasteiger partial charge is 0.497 e. The average Bonchev–Trinajstić information content (AvgIpc) is 3.47. The van der Waals surface area contributed by atoms with E-state index in [0.717, 1.165) is 50.1 Å². The van der Waals surface area contributed by atoms with Gasteiger partial charge in [-0.05, 0) is 68.6 Å². The van der Waals surface area contributed by atoms with Gasteiger partial charge in [0.25, 0.3) is 0 Å². The molecule has 0 amide bonds. The molecule has 1 spiro atoms. The minimum absolute atomic E-state index is 0.267. The van der Waals surface area contributed by atoms with Crippen molar-refractivity contribution in [2.75, 3.05) is 33.8 Å². The van der Waals surface area contributed by atoms with Gasteiger partial charge in [0.15, 0.2) is 5.82 Å². The quantitative estimate of drug-likeness (QED) is 0.591. The van der Waals surface area contributed by atoms with Crippen LogP contribution in [0.5, 0.6) is 5.75 Å². The van der Waals surface area contributed by atoms with E-state index in [9.17, 15) is 0 Å². The normalized spacial score (nSPS) is 21.9. The number of piperidine rings is 1. The Hall–Kier alpha value is -2.38. The highest BCUT2D eigenvalue weighted by atomic mass is 16.5. The topological polar surface area (TPSA) is 59.6 Å². The van der Waals surface area contributed by atoms with E-state index in [4.69, 9.17) is 14.2 Å². The molecular weight excluding hydrogens is 402 g/mol. The van der Waals surface area contributed by atoms with Crippen LogP contribution in [0.2, 0.25) is 0 Å². The molecule has 2 aliphatic heterocycles. The third-order valence-corrected chi connectivity index (χ3v) is 7.58. The van der Waals surface area contributed by atoms with Crippen LogP contribution in [0.25, 0.3) is 10.9 Å². The van der Waals surface area contributed by atoms with Gasteiger partial charge in [-0.3, -0.25) is 9.80 Å². The molecule has 1 aromatic carbocycles. The van der Waals surface area contributed by atoms with Crippen molar-refractivity contribution < 1.29 is 9.26 Å². The number of benzene rings is 1. The maximum atomic E-state index is 5.49. The second kappa shape index (κ2) is 8.19. The SMILES string of the molecule is COc1ccc2c(c1)c(CN1CCC3(CC1)CC(c1noc(C(C)C)n1)N(C)C3)cn2C. The van der Waals surface area contributed by atoms with Crippen LogP contribution in [-0.2, 0) is 13.6 Å². The molecule has 2 aromatic heterocycles. The van der Waals surface area contributed by atoms with Gasteiger partial charge in [0, 0.05) is 43.2 Å². The Morgan fingerprint density at radius 3 is 2.69 bits per heavy atom. The molecule has 2 aliphatic rings. The highest BCUT2D eigenvalue weighted by molar-refractivity contribution is 5.85. The molecule has 1 unspecified atom stereocenters. The molecule has 5 rings (SSSR count). The van der Waals surface area contributed by atoms with Crippen LogP contribution in [0, 0.1) is 5.41 Å². The summed E-state index contributed by atoms with van der Waals surface area (Å²) in [5, 5.41) is 5.61. The molecule has 1 atom stereocenters. The second-order valence-corrected chi connectivity index (χ2v) is 10.2. The average molecular weight is 438 g/mol. The predicted molar refractivity (Wildman–Crippen MR) is 125 cm³/mol. The highest BCUT2D eigenvalue weighted by Crippen LogP contribution is 2.48. The molecule has 7 nitrogen and oxygen atoms in total. The number of ether oxygens (including phenoxy) is 1. The van der Waals surface area contributed by atoms with Crippen molar-refractivity contribution >= 4 is 10.9 Å². The number of aryl methyl sites for hydroxylation is 1. The molecule has 0 bridgehead atoms. The van der Waals surface area contributed by atoms with E-state index in [2.05, 4.69) is 65.8 Å². The number of hydrogen-bond acceptors (Lipinski definition) is 6. The summed E-state index contributed by atoms with van der Waals surface area (Å²) in [4.78, 5) is 9.74. The Bertz CT molecular complexity index is 1090. The first-order chi connectivity index (χ1) is 15.4. The fourth-order valence-corrected chi connectivity index (χ4v) is 5.67. The fraction of sp³-hybridized carbons (Fsp3) is 0.600. The van der Waals surface area contributed by atoms with Crippen LogP contribution in [0.3, 0.4) is 0 Å². The van der Waals surface area contributed by atoms with Crippen molar-refractivity contribution in [3.63, 3.8) is 0 Å². The lowest BCUT2D eigenvalue weighted by Gasteiger charge is -2.39. The number of hydrogen-bond donors (Lipinski definition) is 0. The first-order valence-corrected chi connectivity index (χ1v) is 11.8. The Balaban J connectivity index is 1.26. The van der Waals surface area contributed by atoms with Crippen molar-refractivity contribution in [2.45, 2.75) is 51.6 Å². The Labute approximate surface area is 190 Å². The number of fused-ring (bicyclic) bond motifs is 1. The molecule has 0 aliphatic carbocycles. The maximum Gasteiger partial charge on any atom is 0.229 e. The Kier molecular flexibility index (Phi) is 5.50. The third kappa shape index (κ3) is 3.82. The molecule has 2 saturated heterocycles. The molecule has 172 valence electrons. The molecule has 0 saturated carbocycles. The summed E-state index contributed by atoms with van der Waals surface area (Å²) in [6.07, 6.45) is 5.84. The number of methoxy groups -OCH3 is 1. The van der Waals surface area contributed by atoms with E-state index in [-0.39, 0.29) is 12.0 Å². The summed E-state index contributed by atoms with van der Waals surface area (Å²) < 4.78 is 13.2. The van der Waals surface area contributed by atoms with Crippen molar-refractivity contribution in [1.29, 1.82) is 0 Å². The van der Waals surface area contributed by atoms with Crippen LogP contribution < -0.4 is 4.74 Å². The minimum Gasteiger partial charge on any atom is -0.497 e. The number of nitrogens with zero attached hydrogens (tertiary/aromatic N) is 5. The molecule has 0 N–H and O–H groups in total. The zero-order chi connectivity index (χ0) is 22.5. The summed E-state index contributed by atoms with van der Waals surface area (Å²) in [7, 11) is 6.07. The zero-order valence-corrected chi connectivity index (χ0v) is 20.0. The van der Waals surface area contributed by atoms with E-state index in [1.807, 2.05) is 6.07 Å². The third-order valence-electron chi connectivity index (χ3n) is 7.58. The van der Waals surface area contributed by atoms with E-state index in [1.54, 1.807) is 7.11 Å². The molecular formula is C25H35N5O2. The lowest BCUT2D eigenvalue weighted by molar-refractivity contribution is 0.106. The van der Waals surface area contributed by atoms with Gasteiger partial charge < -0.3 is 13.8 Å². The summed E-state index contributed by atoms with van der Waals surface area (Å²) in [5.41, 5.74) is 3.00. The van der Waals surface area contributed by atoms with Gasteiger partial charge in [-0.1, -0.05) is 19.0 Å². The Morgan fingerprint density at radius 2 is 2.00 bits per heavy atom. The lowest BCUT2D eigenvalue weighted by Crippen LogP contribution is -2.40. The standard InChI is InChI=1S/C25H35N5O2/c1-17(2)24-26-23(27-32-24)22-13-25(16-29(22)4)8-10-30(11-9-25)15-18-14-28(3)21-7-6-19(31-5)12-20(18)21/h6-7,12,14,17,22H,8-11,13,15-16H2,1-5H3. The van der Waals surface area contributed by atoms with Crippen LogP contribution >= 0.6 is 0 Å². The van der Waals surface area contributed by atoms with E-state index in [0.29, 0.717) is 5.41 Å². The predicted octanol–water partition coefficient (Wildman–Crippen LogP) is 4.35. The van der Waals surface area contributed by atoms with Crippen LogP contribution in [-0.4, -0.2) is 58.3 Å². The van der Waals surface area contributed by atoms with E-state index in [1.165, 1.54) is 29.3 Å². The van der Waals surface area contributed by atoms with Crippen molar-refractivity contribution in [3.8, 4) is 5.75 Å². The fourth-order valence-electron chi connectivity index (χ4n) is 5.67. The monoisotopic (exact) mass is 437 g/mol. The van der Waals surface area contributed by atoms with Crippen LogP contribution in [0.4, 0.5) is 0 Å². The smallest absolute Gasteiger partial charge is 0.229 e. The maximum absolute atomic E-state index is 5.49. The first kappa shape index (κ1) is 21.5. The van der Waals surface area contributed by atoms with Crippen LogP contribution in [0.15, 0.2) is 28.9 Å². The molecule has 2 fully saturated rings. The lowest BCUT2D eigenvalue weighted by atomic mass is 9.76. The summed E-state index contributed by atoms with van der Waals surface area (Å²) in [5.74, 6) is 2.80. The molecule has 7 heteroatoms. The van der Waals surface area contributed by atoms with Gasteiger partial charge in [-0.15, -0.1) is 0 Å². The molecule has 32 heavy (non-hydrogen) atoms. The summed E-state index contributed by atoms with van der Waals surface area (Å²) >= 11 is 0. The molecule has 0 radical (unpaired) electrons. The van der Waals surface area contributed by atoms with Gasteiger partial charge >= 0.3 is 0 Å². The second-order valence-electron chi connectivity index (χ2n) is 10.2. The first-order valence-electron chi connectivity index (χ1n) is 11.8. The van der Waals surface area contributed by atoms with Gasteiger partial charge in [0.2, 0.25) is 5.89 Å². The minimum atomic E-state index is 0.267. The number of likely N-dealkylation sites (tertiary alicyclic amines) is 2. The van der Waals surface area contributed by atoms with E-state index >= 15 is 0 Å². The van der Waals surface area contributed by atoms with Crippen molar-refractivity contribution in [1.82, 2.24) is 24.5 Å². The zero-order valence-electron chi connectivity index (χ0n) is 20.0. The highest BCUT2D eigenvalue weighted by Gasteiger charge is 2.46. The molecule has 4 heterocycles. The van der Waals surface area contributed by atoms with Gasteiger partial charge in [-0.2, -0.15) is 4.98 Å². The van der Waals surface area contributed by atoms with Crippen molar-refractivity contribution in [3.05, 3.63) is 41.7 Å². The Morgan fingerprint density at radius 1 is 1.22 bits per heavy atom. The summed E-state index contributed by atoms with van der Waals surface area (Å²) in [6.45, 7) is 8.55. The van der Waals surface area contributed by atoms with Gasteiger partial charge in [0.05, 0.1) is 13.2 Å². The number of rotatable bonds is 5. The van der Waals surface area contributed by atoms with Crippen LogP contribution in [0.1, 0.15) is 62.3 Å². The van der Waals surface area contributed by atoms with E-state index < -0.39 is 0 Å². The molecule has 3 aromatic rings.